The first-order valence-corrected chi connectivity index (χ1v) is 8.25. The fourth-order valence-corrected chi connectivity index (χ4v) is 3.10. The number of halogens is 1. The molecule has 1 saturated heterocycles. The molecule has 5 heteroatoms. The molecule has 0 saturated carbocycles. The summed E-state index contributed by atoms with van der Waals surface area (Å²) >= 11 is 0. The van der Waals surface area contributed by atoms with Gasteiger partial charge in [-0.15, -0.1) is 0 Å². The van der Waals surface area contributed by atoms with E-state index in [1.807, 2.05) is 19.9 Å². The van der Waals surface area contributed by atoms with Crippen molar-refractivity contribution in [2.24, 2.45) is 0 Å². The van der Waals surface area contributed by atoms with Crippen LogP contribution in [-0.4, -0.2) is 36.6 Å². The smallest absolute Gasteiger partial charge is 0.258 e. The number of hydrogen-bond acceptors (Lipinski definition) is 3. The summed E-state index contributed by atoms with van der Waals surface area (Å²) in [4.78, 5) is 14.9. The Labute approximate surface area is 147 Å². The maximum atomic E-state index is 14.1. The zero-order valence-corrected chi connectivity index (χ0v) is 14.7. The molecule has 1 aliphatic heterocycles. The van der Waals surface area contributed by atoms with Crippen molar-refractivity contribution >= 4 is 5.91 Å². The summed E-state index contributed by atoms with van der Waals surface area (Å²) in [6.45, 7) is 4.49. The first-order valence-electron chi connectivity index (χ1n) is 8.25. The van der Waals surface area contributed by atoms with Gasteiger partial charge in [0.25, 0.3) is 5.91 Å². The van der Waals surface area contributed by atoms with Crippen molar-refractivity contribution in [3.63, 3.8) is 0 Å². The predicted octanol–water partition coefficient (Wildman–Crippen LogP) is 3.83. The van der Waals surface area contributed by atoms with Crippen molar-refractivity contribution in [1.29, 1.82) is 0 Å². The van der Waals surface area contributed by atoms with Crippen molar-refractivity contribution in [3.05, 3.63) is 65.5 Å². The van der Waals surface area contributed by atoms with Crippen molar-refractivity contribution in [2.45, 2.75) is 25.5 Å². The highest BCUT2D eigenvalue weighted by molar-refractivity contribution is 5.97. The second kappa shape index (κ2) is 6.84. The zero-order valence-electron chi connectivity index (χ0n) is 14.7. The highest BCUT2D eigenvalue weighted by Gasteiger charge is 2.40. The molecule has 1 atom stereocenters. The van der Waals surface area contributed by atoms with Gasteiger partial charge in [0.15, 0.2) is 0 Å². The summed E-state index contributed by atoms with van der Waals surface area (Å²) in [5.74, 6) is 0.0567. The Morgan fingerprint density at radius 1 is 1.20 bits per heavy atom. The topological polar surface area (TPSA) is 38.8 Å². The fraction of sp³-hybridized carbons (Fsp3) is 0.350. The minimum atomic E-state index is -0.500. The van der Waals surface area contributed by atoms with Gasteiger partial charge < -0.3 is 14.4 Å². The Bertz CT molecular complexity index is 775. The van der Waals surface area contributed by atoms with E-state index in [1.165, 1.54) is 6.07 Å². The molecule has 1 heterocycles. The van der Waals surface area contributed by atoms with Gasteiger partial charge in [-0.25, -0.2) is 4.39 Å². The lowest BCUT2D eigenvalue weighted by Gasteiger charge is -2.45. The number of rotatable bonds is 3. The van der Waals surface area contributed by atoms with E-state index >= 15 is 0 Å². The van der Waals surface area contributed by atoms with Crippen LogP contribution in [-0.2, 0) is 4.74 Å². The Morgan fingerprint density at radius 2 is 1.88 bits per heavy atom. The van der Waals surface area contributed by atoms with E-state index < -0.39 is 11.6 Å². The lowest BCUT2D eigenvalue weighted by Crippen LogP contribution is -2.56. The van der Waals surface area contributed by atoms with Gasteiger partial charge in [0.05, 0.1) is 31.4 Å². The monoisotopic (exact) mass is 343 g/mol. The molecule has 0 bridgehead atoms. The molecular weight excluding hydrogens is 321 g/mol. The van der Waals surface area contributed by atoms with Gasteiger partial charge in [0.1, 0.15) is 17.7 Å². The number of hydrogen-bond donors (Lipinski definition) is 0. The molecule has 0 N–H and O–H groups in total. The molecule has 0 spiro atoms. The summed E-state index contributed by atoms with van der Waals surface area (Å²) in [7, 11) is 1.54. The van der Waals surface area contributed by atoms with Crippen LogP contribution in [0.5, 0.6) is 5.75 Å². The van der Waals surface area contributed by atoms with Gasteiger partial charge in [-0.2, -0.15) is 0 Å². The summed E-state index contributed by atoms with van der Waals surface area (Å²) in [6.07, 6.45) is -0.493. The number of ether oxygens (including phenoxy) is 2. The number of amides is 1. The maximum absolute atomic E-state index is 14.1. The van der Waals surface area contributed by atoms with Crippen molar-refractivity contribution in [2.75, 3.05) is 20.3 Å². The minimum absolute atomic E-state index is 0.146. The summed E-state index contributed by atoms with van der Waals surface area (Å²) < 4.78 is 25.3. The van der Waals surface area contributed by atoms with Gasteiger partial charge in [-0.1, -0.05) is 30.3 Å². The fourth-order valence-electron chi connectivity index (χ4n) is 3.10. The molecular formula is C20H22FNO3. The van der Waals surface area contributed by atoms with Gasteiger partial charge in [-0.3, -0.25) is 4.79 Å². The number of benzene rings is 2. The molecule has 1 fully saturated rings. The molecule has 2 aromatic rings. The number of para-hydroxylation sites is 1. The molecule has 0 aromatic heterocycles. The lowest BCUT2D eigenvalue weighted by atomic mass is 9.96. The van der Waals surface area contributed by atoms with Crippen LogP contribution in [0, 0.1) is 5.82 Å². The van der Waals surface area contributed by atoms with E-state index in [1.54, 1.807) is 48.4 Å². The van der Waals surface area contributed by atoms with E-state index in [4.69, 9.17) is 9.47 Å². The summed E-state index contributed by atoms with van der Waals surface area (Å²) in [5, 5.41) is 0. The van der Waals surface area contributed by atoms with E-state index in [-0.39, 0.29) is 18.3 Å². The Morgan fingerprint density at radius 3 is 2.60 bits per heavy atom. The molecule has 1 amide bonds. The number of morpholine rings is 1. The largest absolute Gasteiger partial charge is 0.496 e. The number of carbonyl (C=O) groups is 1. The van der Waals surface area contributed by atoms with E-state index in [0.29, 0.717) is 23.5 Å². The standard InChI is InChI=1S/C20H22FNO3/c1-20(2)13-25-18(14-8-4-6-10-16(14)21)12-22(20)19(23)15-9-5-7-11-17(15)24-3/h4-11,18H,12-13H2,1-3H3. The molecule has 2 aromatic carbocycles. The summed E-state index contributed by atoms with van der Waals surface area (Å²) in [6, 6.07) is 13.6. The van der Waals surface area contributed by atoms with Crippen LogP contribution in [0.3, 0.4) is 0 Å². The normalized spacial score (nSPS) is 19.5. The van der Waals surface area contributed by atoms with Crippen molar-refractivity contribution in [3.8, 4) is 5.75 Å². The molecule has 0 radical (unpaired) electrons. The van der Waals surface area contributed by atoms with Crippen LogP contribution in [0.1, 0.15) is 35.9 Å². The van der Waals surface area contributed by atoms with E-state index in [2.05, 4.69) is 0 Å². The number of nitrogens with zero attached hydrogens (tertiary/aromatic N) is 1. The molecule has 3 rings (SSSR count). The molecule has 1 unspecified atom stereocenters. The SMILES string of the molecule is COc1ccccc1C(=O)N1CC(c2ccccc2F)OCC1(C)C. The Balaban J connectivity index is 1.92. The van der Waals surface area contributed by atoms with E-state index in [0.717, 1.165) is 0 Å². The second-order valence-corrected chi connectivity index (χ2v) is 6.75. The number of carbonyl (C=O) groups excluding carboxylic acids is 1. The molecule has 0 aliphatic carbocycles. The summed E-state index contributed by atoms with van der Waals surface area (Å²) in [5.41, 5.74) is 0.461. The third kappa shape index (κ3) is 3.37. The third-order valence-electron chi connectivity index (χ3n) is 4.55. The Hall–Kier alpha value is -2.40. The second-order valence-electron chi connectivity index (χ2n) is 6.75. The van der Waals surface area contributed by atoms with Gasteiger partial charge in [0, 0.05) is 5.56 Å². The average Bonchev–Trinajstić information content (AvgIpc) is 2.61. The Kier molecular flexibility index (Phi) is 4.77. The first kappa shape index (κ1) is 17.4. The number of methoxy groups -OCH3 is 1. The van der Waals surface area contributed by atoms with Crippen LogP contribution in [0.25, 0.3) is 0 Å². The van der Waals surface area contributed by atoms with Gasteiger partial charge in [-0.05, 0) is 32.0 Å². The third-order valence-corrected chi connectivity index (χ3v) is 4.55. The molecule has 4 nitrogen and oxygen atoms in total. The van der Waals surface area contributed by atoms with Crippen LogP contribution >= 0.6 is 0 Å². The zero-order chi connectivity index (χ0) is 18.0. The average molecular weight is 343 g/mol. The minimum Gasteiger partial charge on any atom is -0.496 e. The van der Waals surface area contributed by atoms with Crippen molar-refractivity contribution in [1.82, 2.24) is 4.90 Å². The van der Waals surface area contributed by atoms with Crippen LogP contribution in [0.2, 0.25) is 0 Å². The molecule has 1 aliphatic rings. The predicted molar refractivity (Wildman–Crippen MR) is 93.2 cm³/mol. The van der Waals surface area contributed by atoms with Crippen molar-refractivity contribution < 1.29 is 18.7 Å². The quantitative estimate of drug-likeness (QED) is 0.850. The highest BCUT2D eigenvalue weighted by atomic mass is 19.1. The van der Waals surface area contributed by atoms with Crippen LogP contribution in [0.15, 0.2) is 48.5 Å². The lowest BCUT2D eigenvalue weighted by molar-refractivity contribution is -0.0857. The maximum Gasteiger partial charge on any atom is 0.258 e. The first-order chi connectivity index (χ1) is 11.9. The molecule has 25 heavy (non-hydrogen) atoms. The van der Waals surface area contributed by atoms with Gasteiger partial charge >= 0.3 is 0 Å². The van der Waals surface area contributed by atoms with Crippen LogP contribution in [0.4, 0.5) is 4.39 Å². The van der Waals surface area contributed by atoms with Gasteiger partial charge in [0.2, 0.25) is 0 Å². The molecule has 132 valence electrons. The van der Waals surface area contributed by atoms with E-state index in [9.17, 15) is 9.18 Å². The highest BCUT2D eigenvalue weighted by Crippen LogP contribution is 2.33. The van der Waals surface area contributed by atoms with Crippen LogP contribution < -0.4 is 4.74 Å².